The molecule has 0 aliphatic carbocycles. The van der Waals surface area contributed by atoms with E-state index >= 15 is 0 Å². The lowest BCUT2D eigenvalue weighted by Crippen LogP contribution is -2.23. The topological polar surface area (TPSA) is 51.2 Å². The van der Waals surface area contributed by atoms with Crippen molar-refractivity contribution < 1.29 is 18.3 Å². The van der Waals surface area contributed by atoms with Crippen LogP contribution in [0.15, 0.2) is 60.8 Å². The lowest BCUT2D eigenvalue weighted by molar-refractivity contribution is 0.0947. The van der Waals surface area contributed by atoms with E-state index in [1.807, 2.05) is 31.2 Å². The van der Waals surface area contributed by atoms with Crippen LogP contribution in [0.3, 0.4) is 0 Å². The molecule has 1 heterocycles. The molecule has 0 radical (unpaired) electrons. The second-order valence-corrected chi connectivity index (χ2v) is 5.73. The summed E-state index contributed by atoms with van der Waals surface area (Å²) in [7, 11) is 0. The highest BCUT2D eigenvalue weighted by atomic mass is 19.1. The van der Waals surface area contributed by atoms with Crippen LogP contribution in [0.5, 0.6) is 11.6 Å². The first kappa shape index (κ1) is 17.5. The van der Waals surface area contributed by atoms with Gasteiger partial charge < -0.3 is 10.1 Å². The van der Waals surface area contributed by atoms with Crippen LogP contribution >= 0.6 is 0 Å². The molecule has 26 heavy (non-hydrogen) atoms. The van der Waals surface area contributed by atoms with Crippen LogP contribution in [0.1, 0.15) is 21.5 Å². The molecule has 1 amide bonds. The van der Waals surface area contributed by atoms with E-state index < -0.39 is 17.5 Å². The zero-order valence-electron chi connectivity index (χ0n) is 14.0. The summed E-state index contributed by atoms with van der Waals surface area (Å²) in [6, 6.07) is 14.0. The second-order valence-electron chi connectivity index (χ2n) is 5.73. The SMILES string of the molecule is Cc1cccc(CNC(=O)c2cc(F)cnc2Oc2ccc(F)cc2)c1. The first-order valence-electron chi connectivity index (χ1n) is 7.94. The number of amides is 1. The van der Waals surface area contributed by atoms with Crippen molar-refractivity contribution in [3.8, 4) is 11.6 Å². The number of nitrogens with one attached hydrogen (secondary N) is 1. The highest BCUT2D eigenvalue weighted by molar-refractivity contribution is 5.96. The Morgan fingerprint density at radius 2 is 1.85 bits per heavy atom. The maximum atomic E-state index is 13.6. The molecule has 0 fully saturated rings. The highest BCUT2D eigenvalue weighted by Crippen LogP contribution is 2.24. The van der Waals surface area contributed by atoms with E-state index in [9.17, 15) is 13.6 Å². The molecule has 1 N–H and O–H groups in total. The third kappa shape index (κ3) is 4.42. The number of rotatable bonds is 5. The fourth-order valence-corrected chi connectivity index (χ4v) is 2.38. The van der Waals surface area contributed by atoms with Gasteiger partial charge in [0.15, 0.2) is 0 Å². The van der Waals surface area contributed by atoms with Gasteiger partial charge in [0, 0.05) is 6.54 Å². The number of carbonyl (C=O) groups excluding carboxylic acids is 1. The van der Waals surface area contributed by atoms with Gasteiger partial charge in [0.25, 0.3) is 5.91 Å². The van der Waals surface area contributed by atoms with E-state index in [2.05, 4.69) is 10.3 Å². The van der Waals surface area contributed by atoms with Crippen molar-refractivity contribution in [2.45, 2.75) is 13.5 Å². The summed E-state index contributed by atoms with van der Waals surface area (Å²) in [5.41, 5.74) is 1.95. The number of aromatic nitrogens is 1. The van der Waals surface area contributed by atoms with E-state index in [-0.39, 0.29) is 18.0 Å². The lowest BCUT2D eigenvalue weighted by atomic mass is 10.1. The summed E-state index contributed by atoms with van der Waals surface area (Å²) >= 11 is 0. The van der Waals surface area contributed by atoms with Crippen molar-refractivity contribution in [2.24, 2.45) is 0 Å². The fraction of sp³-hybridized carbons (Fsp3) is 0.100. The number of hydrogen-bond acceptors (Lipinski definition) is 3. The van der Waals surface area contributed by atoms with Gasteiger partial charge >= 0.3 is 0 Å². The minimum Gasteiger partial charge on any atom is -0.438 e. The zero-order valence-corrected chi connectivity index (χ0v) is 14.0. The van der Waals surface area contributed by atoms with Crippen LogP contribution in [-0.2, 0) is 6.54 Å². The monoisotopic (exact) mass is 354 g/mol. The van der Waals surface area contributed by atoms with Crippen molar-refractivity contribution in [3.05, 3.63) is 89.1 Å². The van der Waals surface area contributed by atoms with Crippen molar-refractivity contribution in [3.63, 3.8) is 0 Å². The molecule has 0 saturated carbocycles. The average molecular weight is 354 g/mol. The quantitative estimate of drug-likeness (QED) is 0.739. The molecule has 6 heteroatoms. The van der Waals surface area contributed by atoms with Gasteiger partial charge in [-0.25, -0.2) is 13.8 Å². The molecule has 2 aromatic carbocycles. The molecule has 3 rings (SSSR count). The second kappa shape index (κ2) is 7.74. The van der Waals surface area contributed by atoms with Gasteiger partial charge in [-0.3, -0.25) is 4.79 Å². The van der Waals surface area contributed by atoms with Crippen LogP contribution in [-0.4, -0.2) is 10.9 Å². The summed E-state index contributed by atoms with van der Waals surface area (Å²) in [5, 5.41) is 2.72. The smallest absolute Gasteiger partial charge is 0.257 e. The van der Waals surface area contributed by atoms with Gasteiger partial charge in [-0.2, -0.15) is 0 Å². The minimum atomic E-state index is -0.655. The van der Waals surface area contributed by atoms with Crippen LogP contribution < -0.4 is 10.1 Å². The van der Waals surface area contributed by atoms with Gasteiger partial charge in [-0.05, 0) is 42.8 Å². The first-order valence-corrected chi connectivity index (χ1v) is 7.94. The van der Waals surface area contributed by atoms with Crippen LogP contribution in [0.2, 0.25) is 0 Å². The molecule has 0 atom stereocenters. The molecular formula is C20H16F2N2O2. The Morgan fingerprint density at radius 3 is 2.58 bits per heavy atom. The Hall–Kier alpha value is -3.28. The van der Waals surface area contributed by atoms with Gasteiger partial charge in [0.2, 0.25) is 5.88 Å². The van der Waals surface area contributed by atoms with E-state index in [0.29, 0.717) is 5.75 Å². The predicted molar refractivity (Wildman–Crippen MR) is 93.0 cm³/mol. The van der Waals surface area contributed by atoms with E-state index in [1.165, 1.54) is 24.3 Å². The number of carbonyl (C=O) groups is 1. The molecule has 0 unspecified atom stereocenters. The molecule has 3 aromatic rings. The molecule has 0 saturated heterocycles. The molecule has 0 aliphatic heterocycles. The Balaban J connectivity index is 1.78. The molecular weight excluding hydrogens is 338 g/mol. The van der Waals surface area contributed by atoms with Gasteiger partial charge in [-0.1, -0.05) is 29.8 Å². The third-order valence-electron chi connectivity index (χ3n) is 3.63. The number of benzene rings is 2. The van der Waals surface area contributed by atoms with E-state index in [4.69, 9.17) is 4.74 Å². The van der Waals surface area contributed by atoms with Gasteiger partial charge in [0.1, 0.15) is 22.9 Å². The number of nitrogens with zero attached hydrogens (tertiary/aromatic N) is 1. The summed E-state index contributed by atoms with van der Waals surface area (Å²) in [4.78, 5) is 16.3. The summed E-state index contributed by atoms with van der Waals surface area (Å²) in [6.07, 6.45) is 0.955. The third-order valence-corrected chi connectivity index (χ3v) is 3.63. The summed E-state index contributed by atoms with van der Waals surface area (Å²) in [5.74, 6) is -1.36. The number of aryl methyl sites for hydroxylation is 1. The molecule has 0 bridgehead atoms. The van der Waals surface area contributed by atoms with Gasteiger partial charge in [0.05, 0.1) is 6.20 Å². The van der Waals surface area contributed by atoms with Crippen molar-refractivity contribution >= 4 is 5.91 Å². The van der Waals surface area contributed by atoms with E-state index in [0.717, 1.165) is 23.4 Å². The van der Waals surface area contributed by atoms with Crippen molar-refractivity contribution in [2.75, 3.05) is 0 Å². The van der Waals surface area contributed by atoms with Gasteiger partial charge in [-0.15, -0.1) is 0 Å². The largest absolute Gasteiger partial charge is 0.438 e. The number of pyridine rings is 1. The maximum Gasteiger partial charge on any atom is 0.257 e. The molecule has 0 spiro atoms. The number of hydrogen-bond donors (Lipinski definition) is 1. The Kier molecular flexibility index (Phi) is 5.22. The zero-order chi connectivity index (χ0) is 18.5. The molecule has 0 aliphatic rings. The van der Waals surface area contributed by atoms with Crippen molar-refractivity contribution in [1.82, 2.24) is 10.3 Å². The van der Waals surface area contributed by atoms with E-state index in [1.54, 1.807) is 0 Å². The number of ether oxygens (including phenoxy) is 1. The molecule has 4 nitrogen and oxygen atoms in total. The Morgan fingerprint density at radius 1 is 1.08 bits per heavy atom. The summed E-state index contributed by atoms with van der Waals surface area (Å²) in [6.45, 7) is 2.24. The molecule has 1 aromatic heterocycles. The highest BCUT2D eigenvalue weighted by Gasteiger charge is 2.16. The van der Waals surface area contributed by atoms with Crippen LogP contribution in [0.4, 0.5) is 8.78 Å². The summed E-state index contributed by atoms with van der Waals surface area (Å²) < 4.78 is 32.1. The minimum absolute atomic E-state index is 0.0398. The Bertz CT molecular complexity index is 927. The van der Waals surface area contributed by atoms with Crippen LogP contribution in [0.25, 0.3) is 0 Å². The predicted octanol–water partition coefficient (Wildman–Crippen LogP) is 4.39. The number of halogens is 2. The Labute approximate surface area is 149 Å². The average Bonchev–Trinajstić information content (AvgIpc) is 2.63. The van der Waals surface area contributed by atoms with Crippen LogP contribution in [0, 0.1) is 18.6 Å². The maximum absolute atomic E-state index is 13.6. The first-order chi connectivity index (χ1) is 12.5. The standard InChI is InChI=1S/C20H16F2N2O2/c1-13-3-2-4-14(9-13)11-23-19(25)18-10-16(22)12-24-20(18)26-17-7-5-15(21)6-8-17/h2-10,12H,11H2,1H3,(H,23,25). The van der Waals surface area contributed by atoms with Crippen molar-refractivity contribution in [1.29, 1.82) is 0 Å². The lowest BCUT2D eigenvalue weighted by Gasteiger charge is -2.11. The molecule has 132 valence electrons. The normalized spacial score (nSPS) is 10.4. The fourth-order valence-electron chi connectivity index (χ4n) is 2.38.